The first-order chi connectivity index (χ1) is 20.4. The van der Waals surface area contributed by atoms with Gasteiger partial charge in [-0.25, -0.2) is 4.79 Å². The number of likely N-dealkylation sites (tertiary alicyclic amines) is 1. The Balaban J connectivity index is 1.66. The van der Waals surface area contributed by atoms with Gasteiger partial charge in [-0.15, -0.1) is 0 Å². The van der Waals surface area contributed by atoms with Crippen molar-refractivity contribution in [3.8, 4) is 0 Å². The molecule has 2 amide bonds. The molecule has 1 atom stereocenters. The lowest BCUT2D eigenvalue weighted by atomic mass is 9.79. The average molecular weight is 599 g/mol. The number of hydrogen-bond acceptors (Lipinski definition) is 4. The predicted molar refractivity (Wildman–Crippen MR) is 176 cm³/mol. The van der Waals surface area contributed by atoms with Crippen molar-refractivity contribution in [1.82, 2.24) is 9.80 Å². The van der Waals surface area contributed by atoms with Crippen molar-refractivity contribution in [2.75, 3.05) is 19.6 Å². The molecule has 3 aromatic carbocycles. The normalized spacial score (nSPS) is 16.2. The Morgan fingerprint density at radius 2 is 1.42 bits per heavy atom. The summed E-state index contributed by atoms with van der Waals surface area (Å²) in [4.78, 5) is 31.1. The van der Waals surface area contributed by atoms with Crippen molar-refractivity contribution in [3.63, 3.8) is 0 Å². The first kappa shape index (κ1) is 32.2. The molecule has 0 bridgehead atoms. The lowest BCUT2D eigenvalue weighted by molar-refractivity contribution is -0.137. The maximum atomic E-state index is 14.2. The Hall–Kier alpha value is -3.68. The Morgan fingerprint density at radius 3 is 1.91 bits per heavy atom. The number of aliphatic hydroxyl groups is 1. The zero-order valence-electron chi connectivity index (χ0n) is 26.4. The number of nitrogens with zero attached hydrogens (tertiary/aromatic N) is 2. The van der Waals surface area contributed by atoms with E-state index in [1.165, 1.54) is 5.19 Å². The van der Waals surface area contributed by atoms with Crippen molar-refractivity contribution in [1.29, 1.82) is 0 Å². The van der Waals surface area contributed by atoms with E-state index in [4.69, 9.17) is 4.74 Å². The van der Waals surface area contributed by atoms with E-state index in [1.54, 1.807) is 9.80 Å². The van der Waals surface area contributed by atoms with E-state index in [-0.39, 0.29) is 12.5 Å². The van der Waals surface area contributed by atoms with Gasteiger partial charge in [0.05, 0.1) is 6.04 Å². The Labute approximate surface area is 258 Å². The summed E-state index contributed by atoms with van der Waals surface area (Å²) in [6, 6.07) is 29.0. The van der Waals surface area contributed by atoms with Gasteiger partial charge in [0.2, 0.25) is 5.91 Å². The number of benzene rings is 3. The van der Waals surface area contributed by atoms with E-state index in [9.17, 15) is 14.7 Å². The number of allylic oxidation sites excluding steroid dienone is 1. The van der Waals surface area contributed by atoms with Crippen LogP contribution in [0.3, 0.4) is 0 Å². The molecule has 228 valence electrons. The fourth-order valence-electron chi connectivity index (χ4n) is 6.10. The van der Waals surface area contributed by atoms with Crippen molar-refractivity contribution in [2.45, 2.75) is 70.9 Å². The lowest BCUT2D eigenvalue weighted by Gasteiger charge is -2.41. The highest BCUT2D eigenvalue weighted by molar-refractivity contribution is 6.95. The zero-order chi connectivity index (χ0) is 31.3. The topological polar surface area (TPSA) is 70.1 Å². The largest absolute Gasteiger partial charge is 0.444 e. The minimum Gasteiger partial charge on any atom is -0.444 e. The maximum absolute atomic E-state index is 14.2. The maximum Gasteiger partial charge on any atom is 0.411 e. The van der Waals surface area contributed by atoms with Crippen molar-refractivity contribution in [2.24, 2.45) is 0 Å². The van der Waals surface area contributed by atoms with Gasteiger partial charge < -0.3 is 14.7 Å². The summed E-state index contributed by atoms with van der Waals surface area (Å²) < 4.78 is 5.81. The molecule has 0 aromatic heterocycles. The third kappa shape index (κ3) is 7.28. The minimum atomic E-state index is -2.14. The summed E-state index contributed by atoms with van der Waals surface area (Å²) in [5.41, 5.74) is -0.636. The highest BCUT2D eigenvalue weighted by atomic mass is 28.3. The molecular formula is C36H46N2O4Si. The van der Waals surface area contributed by atoms with Crippen LogP contribution >= 0.6 is 0 Å². The summed E-state index contributed by atoms with van der Waals surface area (Å²) in [7, 11) is -2.14. The second kappa shape index (κ2) is 13.3. The number of carbonyl (C=O) groups excluding carboxylic acids is 2. The highest BCUT2D eigenvalue weighted by Gasteiger charge is 2.47. The standard InChI is InChI=1S/C36H46N2O4Si/c1-7-30(43(5,6)31-22-15-10-16-23-31)26-37(34(40)42-35(2,3)4)27-33(39)38-25-17-24-32(38)36(41,28-18-11-8-12-19-28)29-20-13-9-14-21-29/h7-16,18-23,32,41H,17,24-27H2,1-6H3/b30-7-/t32-/m0/s1. The molecule has 0 aliphatic carbocycles. The van der Waals surface area contributed by atoms with Crippen molar-refractivity contribution >= 4 is 25.3 Å². The smallest absolute Gasteiger partial charge is 0.411 e. The van der Waals surface area contributed by atoms with Gasteiger partial charge >= 0.3 is 6.09 Å². The van der Waals surface area contributed by atoms with Gasteiger partial charge in [0.25, 0.3) is 0 Å². The van der Waals surface area contributed by atoms with Crippen LogP contribution in [0.5, 0.6) is 0 Å². The fourth-order valence-corrected chi connectivity index (χ4v) is 8.80. The van der Waals surface area contributed by atoms with Crippen LogP contribution in [0.4, 0.5) is 4.79 Å². The van der Waals surface area contributed by atoms with Gasteiger partial charge in [0, 0.05) is 13.1 Å². The molecule has 0 saturated carbocycles. The van der Waals surface area contributed by atoms with Crippen LogP contribution in [0.25, 0.3) is 0 Å². The summed E-state index contributed by atoms with van der Waals surface area (Å²) in [6.07, 6.45) is 2.98. The van der Waals surface area contributed by atoms with E-state index < -0.39 is 31.4 Å². The second-order valence-corrected chi connectivity index (χ2v) is 17.4. The zero-order valence-corrected chi connectivity index (χ0v) is 27.4. The molecule has 1 heterocycles. The fraction of sp³-hybridized carbons (Fsp3) is 0.389. The van der Waals surface area contributed by atoms with Crippen LogP contribution in [0.15, 0.2) is 102 Å². The highest BCUT2D eigenvalue weighted by Crippen LogP contribution is 2.40. The van der Waals surface area contributed by atoms with Gasteiger partial charge in [0.1, 0.15) is 25.8 Å². The van der Waals surface area contributed by atoms with Crippen LogP contribution in [-0.4, -0.2) is 66.3 Å². The average Bonchev–Trinajstić information content (AvgIpc) is 3.50. The molecule has 3 aromatic rings. The number of carbonyl (C=O) groups is 2. The van der Waals surface area contributed by atoms with Crippen molar-refractivity contribution < 1.29 is 19.4 Å². The van der Waals surface area contributed by atoms with E-state index in [0.717, 1.165) is 22.7 Å². The molecule has 6 nitrogen and oxygen atoms in total. The number of amides is 2. The molecule has 1 aliphatic heterocycles. The van der Waals surface area contributed by atoms with Crippen LogP contribution in [-0.2, 0) is 15.1 Å². The van der Waals surface area contributed by atoms with E-state index in [2.05, 4.69) is 31.3 Å². The molecule has 4 rings (SSSR count). The van der Waals surface area contributed by atoms with Gasteiger partial charge in [0.15, 0.2) is 0 Å². The Bertz CT molecular complexity index is 1360. The summed E-state index contributed by atoms with van der Waals surface area (Å²) in [5.74, 6) is -0.201. The third-order valence-electron chi connectivity index (χ3n) is 8.47. The third-order valence-corrected chi connectivity index (χ3v) is 12.3. The van der Waals surface area contributed by atoms with Gasteiger partial charge in [-0.3, -0.25) is 9.69 Å². The van der Waals surface area contributed by atoms with E-state index in [1.807, 2.05) is 107 Å². The van der Waals surface area contributed by atoms with Gasteiger partial charge in [-0.05, 0) is 51.7 Å². The molecule has 1 N–H and O–H groups in total. The Kier molecular flexibility index (Phi) is 9.98. The number of rotatable bonds is 9. The monoisotopic (exact) mass is 598 g/mol. The molecule has 0 spiro atoms. The molecule has 0 radical (unpaired) electrons. The molecule has 0 unspecified atom stereocenters. The SMILES string of the molecule is C/C=C(/CN(CC(=O)N1CCC[C@H]1C(O)(c1ccccc1)c1ccccc1)C(=O)OC(C)(C)C)[Si](C)(C)c1ccccc1. The summed E-state index contributed by atoms with van der Waals surface area (Å²) >= 11 is 0. The molecule has 1 fully saturated rings. The van der Waals surface area contributed by atoms with Crippen LogP contribution in [0.2, 0.25) is 13.1 Å². The predicted octanol–water partition coefficient (Wildman–Crippen LogP) is 6.25. The van der Waals surface area contributed by atoms with Crippen LogP contribution in [0.1, 0.15) is 51.7 Å². The lowest BCUT2D eigenvalue weighted by Crippen LogP contribution is -2.54. The van der Waals surface area contributed by atoms with Crippen LogP contribution in [0, 0.1) is 0 Å². The van der Waals surface area contributed by atoms with Gasteiger partial charge in [-0.1, -0.05) is 121 Å². The number of ether oxygens (including phenoxy) is 1. The van der Waals surface area contributed by atoms with E-state index in [0.29, 0.717) is 19.5 Å². The quantitative estimate of drug-likeness (QED) is 0.296. The minimum absolute atomic E-state index is 0.137. The molecule has 43 heavy (non-hydrogen) atoms. The Morgan fingerprint density at radius 1 is 0.907 bits per heavy atom. The van der Waals surface area contributed by atoms with Gasteiger partial charge in [-0.2, -0.15) is 0 Å². The second-order valence-electron chi connectivity index (χ2n) is 12.9. The van der Waals surface area contributed by atoms with Crippen LogP contribution < -0.4 is 5.19 Å². The molecule has 1 aliphatic rings. The summed E-state index contributed by atoms with van der Waals surface area (Å²) in [6.45, 7) is 12.7. The van der Waals surface area contributed by atoms with Crippen molar-refractivity contribution in [3.05, 3.63) is 113 Å². The first-order valence-corrected chi connectivity index (χ1v) is 18.2. The molecule has 7 heteroatoms. The molecular weight excluding hydrogens is 552 g/mol. The number of hydrogen-bond donors (Lipinski definition) is 1. The molecule has 1 saturated heterocycles. The summed E-state index contributed by atoms with van der Waals surface area (Å²) in [5, 5.41) is 14.9. The van der Waals surface area contributed by atoms with E-state index >= 15 is 0 Å². The first-order valence-electron chi connectivity index (χ1n) is 15.2.